The zero-order valence-electron chi connectivity index (χ0n) is 12.5. The zero-order chi connectivity index (χ0) is 18.2. The Morgan fingerprint density at radius 3 is 2.60 bits per heavy atom. The zero-order valence-corrected chi connectivity index (χ0v) is 14.1. The van der Waals surface area contributed by atoms with E-state index in [1.54, 1.807) is 18.2 Å². The number of rotatable bonds is 3. The molecular formula is C15H8ClF3N4OS. The molecule has 3 aromatic heterocycles. The highest BCUT2D eigenvalue weighted by Crippen LogP contribution is 2.34. The van der Waals surface area contributed by atoms with Crippen LogP contribution in [0.2, 0.25) is 4.34 Å². The predicted molar refractivity (Wildman–Crippen MR) is 85.6 cm³/mol. The minimum atomic E-state index is -4.58. The van der Waals surface area contributed by atoms with E-state index in [4.69, 9.17) is 21.6 Å². The summed E-state index contributed by atoms with van der Waals surface area (Å²) in [5.41, 5.74) is -0.390. The van der Waals surface area contributed by atoms with E-state index < -0.39 is 11.9 Å². The number of aryl methyl sites for hydroxylation is 1. The number of thiophene rings is 1. The fourth-order valence-electron chi connectivity index (χ4n) is 1.99. The van der Waals surface area contributed by atoms with Gasteiger partial charge in [0, 0.05) is 19.2 Å². The molecule has 0 saturated carbocycles. The van der Waals surface area contributed by atoms with Crippen LogP contribution in [0.3, 0.4) is 0 Å². The maximum Gasteiger partial charge on any atom is 0.435 e. The Hall–Kier alpha value is -2.57. The SMILES string of the molecule is Cn1nc(C(F)(F)F)cc1Oc1cc(C#N)cc(-c2ccc(Cl)s2)n1. The number of aromatic nitrogens is 3. The Morgan fingerprint density at radius 2 is 2.04 bits per heavy atom. The van der Waals surface area contributed by atoms with Crippen LogP contribution in [-0.4, -0.2) is 14.8 Å². The molecule has 0 fully saturated rings. The molecule has 0 unspecified atom stereocenters. The maximum absolute atomic E-state index is 12.7. The number of halogens is 4. The minimum absolute atomic E-state index is 0.0182. The van der Waals surface area contributed by atoms with Crippen LogP contribution in [0, 0.1) is 11.3 Å². The Morgan fingerprint density at radius 1 is 1.28 bits per heavy atom. The molecule has 3 heterocycles. The number of hydrogen-bond donors (Lipinski definition) is 0. The lowest BCUT2D eigenvalue weighted by atomic mass is 10.2. The summed E-state index contributed by atoms with van der Waals surface area (Å²) in [6, 6.07) is 9.01. The lowest BCUT2D eigenvalue weighted by Gasteiger charge is -2.06. The van der Waals surface area contributed by atoms with Crippen molar-refractivity contribution in [2.75, 3.05) is 0 Å². The van der Waals surface area contributed by atoms with Crippen molar-refractivity contribution in [2.45, 2.75) is 6.18 Å². The van der Waals surface area contributed by atoms with Gasteiger partial charge in [-0.3, -0.25) is 0 Å². The van der Waals surface area contributed by atoms with Crippen LogP contribution in [-0.2, 0) is 13.2 Å². The highest BCUT2D eigenvalue weighted by Gasteiger charge is 2.35. The van der Waals surface area contributed by atoms with Gasteiger partial charge in [0.25, 0.3) is 0 Å². The molecule has 0 aromatic carbocycles. The summed E-state index contributed by atoms with van der Waals surface area (Å²) in [4.78, 5) is 4.93. The highest BCUT2D eigenvalue weighted by atomic mass is 35.5. The summed E-state index contributed by atoms with van der Waals surface area (Å²) >= 11 is 7.15. The summed E-state index contributed by atoms with van der Waals surface area (Å²) in [6.45, 7) is 0. The fraction of sp³-hybridized carbons (Fsp3) is 0.133. The van der Waals surface area contributed by atoms with Crippen LogP contribution >= 0.6 is 22.9 Å². The number of nitrogens with zero attached hydrogens (tertiary/aromatic N) is 4. The van der Waals surface area contributed by atoms with Gasteiger partial charge in [-0.25, -0.2) is 9.67 Å². The molecule has 0 N–H and O–H groups in total. The van der Waals surface area contributed by atoms with Gasteiger partial charge in [0.1, 0.15) is 0 Å². The largest absolute Gasteiger partial charge is 0.435 e. The molecular weight excluding hydrogens is 377 g/mol. The second-order valence-electron chi connectivity index (χ2n) is 4.89. The number of ether oxygens (including phenoxy) is 1. The third kappa shape index (κ3) is 3.75. The Kier molecular flexibility index (Phi) is 4.41. The number of pyridine rings is 1. The summed E-state index contributed by atoms with van der Waals surface area (Å²) in [7, 11) is 1.32. The van der Waals surface area contributed by atoms with Crippen LogP contribution in [0.1, 0.15) is 11.3 Å². The van der Waals surface area contributed by atoms with Gasteiger partial charge < -0.3 is 4.74 Å². The molecule has 0 aliphatic rings. The van der Waals surface area contributed by atoms with Gasteiger partial charge in [0.2, 0.25) is 11.8 Å². The number of alkyl halides is 3. The van der Waals surface area contributed by atoms with E-state index in [1.807, 2.05) is 6.07 Å². The lowest BCUT2D eigenvalue weighted by Crippen LogP contribution is -2.06. The van der Waals surface area contributed by atoms with Crippen LogP contribution in [0.4, 0.5) is 13.2 Å². The van der Waals surface area contributed by atoms with Crippen LogP contribution < -0.4 is 4.74 Å². The topological polar surface area (TPSA) is 63.7 Å². The van der Waals surface area contributed by atoms with Gasteiger partial charge in [-0.2, -0.15) is 23.5 Å². The second kappa shape index (κ2) is 6.38. The molecule has 0 radical (unpaired) electrons. The fourth-order valence-corrected chi connectivity index (χ4v) is 3.00. The first-order valence-electron chi connectivity index (χ1n) is 6.73. The normalized spacial score (nSPS) is 11.4. The average molecular weight is 385 g/mol. The summed E-state index contributed by atoms with van der Waals surface area (Å²) < 4.78 is 45.1. The minimum Gasteiger partial charge on any atom is -0.421 e. The highest BCUT2D eigenvalue weighted by molar-refractivity contribution is 7.19. The standard InChI is InChI=1S/C15H8ClF3N4OS/c1-23-14(6-11(22-23)15(17,18)19)24-13-5-8(7-20)4-9(21-13)10-2-3-12(16)25-10/h2-6H,1H3. The molecule has 128 valence electrons. The van der Waals surface area contributed by atoms with Gasteiger partial charge in [0.05, 0.1) is 26.5 Å². The number of nitriles is 1. The molecule has 0 atom stereocenters. The van der Waals surface area contributed by atoms with E-state index in [2.05, 4.69) is 10.1 Å². The summed E-state index contributed by atoms with van der Waals surface area (Å²) in [6.07, 6.45) is -4.58. The van der Waals surface area contributed by atoms with Gasteiger partial charge >= 0.3 is 6.18 Å². The van der Waals surface area contributed by atoms with Crippen LogP contribution in [0.25, 0.3) is 10.6 Å². The third-order valence-electron chi connectivity index (χ3n) is 3.09. The Labute approximate surface area is 148 Å². The van der Waals surface area contributed by atoms with Gasteiger partial charge in [-0.1, -0.05) is 11.6 Å². The van der Waals surface area contributed by atoms with E-state index in [0.717, 1.165) is 10.7 Å². The smallest absolute Gasteiger partial charge is 0.421 e. The van der Waals surface area contributed by atoms with Crippen LogP contribution in [0.15, 0.2) is 30.3 Å². The van der Waals surface area contributed by atoms with Crippen molar-refractivity contribution in [2.24, 2.45) is 7.05 Å². The van der Waals surface area contributed by atoms with Crippen molar-refractivity contribution >= 4 is 22.9 Å². The van der Waals surface area contributed by atoms with Crippen molar-refractivity contribution in [1.29, 1.82) is 5.26 Å². The van der Waals surface area contributed by atoms with Crippen LogP contribution in [0.5, 0.6) is 11.8 Å². The summed E-state index contributed by atoms with van der Waals surface area (Å²) in [5, 5.41) is 12.5. The molecule has 3 aromatic rings. The first-order chi connectivity index (χ1) is 11.8. The van der Waals surface area contributed by atoms with E-state index in [-0.39, 0.29) is 17.3 Å². The molecule has 0 saturated heterocycles. The van der Waals surface area contributed by atoms with E-state index in [0.29, 0.717) is 14.9 Å². The quantitative estimate of drug-likeness (QED) is 0.645. The lowest BCUT2D eigenvalue weighted by molar-refractivity contribution is -0.141. The molecule has 0 aliphatic carbocycles. The van der Waals surface area contributed by atoms with Crippen molar-refractivity contribution in [1.82, 2.24) is 14.8 Å². The first-order valence-corrected chi connectivity index (χ1v) is 7.92. The Balaban J connectivity index is 1.98. The molecule has 0 amide bonds. The first kappa shape index (κ1) is 17.3. The molecule has 10 heteroatoms. The van der Waals surface area contributed by atoms with Crippen molar-refractivity contribution in [3.05, 3.63) is 45.9 Å². The molecule has 0 bridgehead atoms. The van der Waals surface area contributed by atoms with Crippen molar-refractivity contribution in [3.8, 4) is 28.4 Å². The van der Waals surface area contributed by atoms with Gasteiger partial charge in [-0.05, 0) is 18.2 Å². The van der Waals surface area contributed by atoms with Crippen molar-refractivity contribution in [3.63, 3.8) is 0 Å². The molecule has 25 heavy (non-hydrogen) atoms. The maximum atomic E-state index is 12.7. The molecule has 0 aliphatic heterocycles. The Bertz CT molecular complexity index is 974. The van der Waals surface area contributed by atoms with E-state index in [9.17, 15) is 13.2 Å². The van der Waals surface area contributed by atoms with Crippen molar-refractivity contribution < 1.29 is 17.9 Å². The molecule has 5 nitrogen and oxygen atoms in total. The predicted octanol–water partition coefficient (Wildman–Crippen LogP) is 4.88. The monoisotopic (exact) mass is 384 g/mol. The van der Waals surface area contributed by atoms with Gasteiger partial charge in [0.15, 0.2) is 5.69 Å². The molecule has 0 spiro atoms. The molecule has 3 rings (SSSR count). The van der Waals surface area contributed by atoms with Gasteiger partial charge in [-0.15, -0.1) is 11.3 Å². The second-order valence-corrected chi connectivity index (χ2v) is 6.60. The number of hydrogen-bond acceptors (Lipinski definition) is 5. The van der Waals surface area contributed by atoms with E-state index >= 15 is 0 Å². The van der Waals surface area contributed by atoms with E-state index in [1.165, 1.54) is 24.5 Å². The average Bonchev–Trinajstić information content (AvgIpc) is 3.13. The third-order valence-corrected chi connectivity index (χ3v) is 4.35. The summed E-state index contributed by atoms with van der Waals surface area (Å²) in [5.74, 6) is -0.166.